The normalized spacial score (nSPS) is 20.6. The number of thiophene rings is 1. The lowest BCUT2D eigenvalue weighted by molar-refractivity contribution is -0.157. The Morgan fingerprint density at radius 3 is 2.46 bits per heavy atom. The summed E-state index contributed by atoms with van der Waals surface area (Å²) in [6.45, 7) is 1.50. The Hall–Kier alpha value is -2.42. The van der Waals surface area contributed by atoms with Crippen LogP contribution in [0.25, 0.3) is 0 Å². The number of nitrogens with zero attached hydrogens (tertiary/aromatic N) is 2. The molecule has 3 amide bonds. The van der Waals surface area contributed by atoms with Gasteiger partial charge in [0.05, 0.1) is 16.7 Å². The van der Waals surface area contributed by atoms with Gasteiger partial charge in [0.1, 0.15) is 0 Å². The van der Waals surface area contributed by atoms with Gasteiger partial charge in [-0.15, -0.1) is 11.3 Å². The molecule has 3 heterocycles. The maximum atomic E-state index is 12.3. The summed E-state index contributed by atoms with van der Waals surface area (Å²) < 4.78 is 5.21. The summed E-state index contributed by atoms with van der Waals surface area (Å²) in [5, 5.41) is 1.86. The Kier molecular flexibility index (Phi) is 6.66. The smallest absolute Gasteiger partial charge is 0.309 e. The van der Waals surface area contributed by atoms with Crippen LogP contribution in [0.2, 0.25) is 0 Å². The monoisotopic (exact) mass is 407 g/mol. The second-order valence-electron chi connectivity index (χ2n) is 7.23. The van der Waals surface area contributed by atoms with Crippen molar-refractivity contribution in [3.63, 3.8) is 0 Å². The van der Waals surface area contributed by atoms with Crippen molar-refractivity contribution in [1.29, 1.82) is 0 Å². The Bertz CT molecular complexity index is 728. The number of primary amides is 1. The first-order valence-electron chi connectivity index (χ1n) is 9.52. The first kappa shape index (κ1) is 20.3. The molecule has 2 N–H and O–H groups in total. The maximum Gasteiger partial charge on any atom is 0.309 e. The molecular formula is C19H25N3O5S. The average Bonchev–Trinajstić information content (AvgIpc) is 3.26. The number of piperidine rings is 2. The lowest BCUT2D eigenvalue weighted by Crippen LogP contribution is -2.46. The molecular weight excluding hydrogens is 382 g/mol. The maximum absolute atomic E-state index is 12.3. The summed E-state index contributed by atoms with van der Waals surface area (Å²) in [5.74, 6) is -1.76. The van der Waals surface area contributed by atoms with Gasteiger partial charge in [0.2, 0.25) is 5.91 Å². The molecule has 2 aliphatic rings. The second-order valence-corrected chi connectivity index (χ2v) is 8.18. The van der Waals surface area contributed by atoms with Gasteiger partial charge >= 0.3 is 5.97 Å². The van der Waals surface area contributed by atoms with Crippen LogP contribution in [-0.2, 0) is 19.1 Å². The minimum Gasteiger partial charge on any atom is -0.455 e. The van der Waals surface area contributed by atoms with Crippen molar-refractivity contribution in [1.82, 2.24) is 9.80 Å². The fourth-order valence-electron chi connectivity index (χ4n) is 3.65. The summed E-state index contributed by atoms with van der Waals surface area (Å²) in [6, 6.07) is 3.63. The van der Waals surface area contributed by atoms with Gasteiger partial charge < -0.3 is 20.3 Å². The number of carbonyl (C=O) groups excluding carboxylic acids is 4. The summed E-state index contributed by atoms with van der Waals surface area (Å²) in [7, 11) is 0. The molecule has 2 saturated heterocycles. The summed E-state index contributed by atoms with van der Waals surface area (Å²) in [5.41, 5.74) is 5.32. The molecule has 0 unspecified atom stereocenters. The minimum absolute atomic E-state index is 0.00824. The van der Waals surface area contributed by atoms with E-state index >= 15 is 0 Å². The number of esters is 1. The van der Waals surface area contributed by atoms with Crippen molar-refractivity contribution in [2.24, 2.45) is 17.6 Å². The van der Waals surface area contributed by atoms with E-state index in [1.54, 1.807) is 11.0 Å². The number of rotatable bonds is 5. The fraction of sp³-hybridized carbons (Fsp3) is 0.579. The van der Waals surface area contributed by atoms with Gasteiger partial charge in [0.25, 0.3) is 11.8 Å². The van der Waals surface area contributed by atoms with Crippen molar-refractivity contribution in [3.8, 4) is 0 Å². The first-order chi connectivity index (χ1) is 13.5. The SMILES string of the molecule is NC(=O)[C@H]1CCCN(C(=O)COC(=O)C2CCN(C(=O)c3cccs3)CC2)C1. The van der Waals surface area contributed by atoms with Gasteiger partial charge in [-0.25, -0.2) is 0 Å². The van der Waals surface area contributed by atoms with E-state index in [0.29, 0.717) is 50.2 Å². The minimum atomic E-state index is -0.404. The van der Waals surface area contributed by atoms with E-state index < -0.39 is 11.9 Å². The Labute approximate surface area is 167 Å². The fourth-order valence-corrected chi connectivity index (χ4v) is 4.34. The van der Waals surface area contributed by atoms with Crippen LogP contribution in [0.5, 0.6) is 0 Å². The number of ether oxygens (including phenoxy) is 1. The molecule has 0 radical (unpaired) electrons. The molecule has 3 rings (SSSR count). The zero-order chi connectivity index (χ0) is 20.1. The van der Waals surface area contributed by atoms with E-state index in [1.807, 2.05) is 11.4 Å². The largest absolute Gasteiger partial charge is 0.455 e. The van der Waals surface area contributed by atoms with Gasteiger partial charge in [-0.3, -0.25) is 19.2 Å². The number of amides is 3. The predicted octanol–water partition coefficient (Wildman–Crippen LogP) is 0.867. The highest BCUT2D eigenvalue weighted by atomic mass is 32.1. The molecule has 1 aromatic rings. The lowest BCUT2D eigenvalue weighted by Gasteiger charge is -2.32. The molecule has 28 heavy (non-hydrogen) atoms. The van der Waals surface area contributed by atoms with Gasteiger partial charge in [-0.1, -0.05) is 6.07 Å². The predicted molar refractivity (Wildman–Crippen MR) is 102 cm³/mol. The zero-order valence-corrected chi connectivity index (χ0v) is 16.5. The Morgan fingerprint density at radius 1 is 1.07 bits per heavy atom. The van der Waals surface area contributed by atoms with E-state index in [1.165, 1.54) is 16.2 Å². The van der Waals surface area contributed by atoms with Crippen molar-refractivity contribution in [3.05, 3.63) is 22.4 Å². The van der Waals surface area contributed by atoms with Crippen LogP contribution >= 0.6 is 11.3 Å². The van der Waals surface area contributed by atoms with Crippen LogP contribution in [0.1, 0.15) is 35.4 Å². The summed E-state index contributed by atoms with van der Waals surface area (Å²) in [4.78, 5) is 52.2. The number of hydrogen-bond acceptors (Lipinski definition) is 6. The van der Waals surface area contributed by atoms with Crippen LogP contribution in [0.3, 0.4) is 0 Å². The van der Waals surface area contributed by atoms with Crippen molar-refractivity contribution >= 4 is 35.0 Å². The van der Waals surface area contributed by atoms with Crippen molar-refractivity contribution in [2.45, 2.75) is 25.7 Å². The highest BCUT2D eigenvalue weighted by Gasteiger charge is 2.31. The average molecular weight is 407 g/mol. The molecule has 0 bridgehead atoms. The molecule has 0 saturated carbocycles. The summed E-state index contributed by atoms with van der Waals surface area (Å²) >= 11 is 1.40. The number of likely N-dealkylation sites (tertiary alicyclic amines) is 2. The van der Waals surface area contributed by atoms with E-state index in [2.05, 4.69) is 0 Å². The van der Waals surface area contributed by atoms with Gasteiger partial charge in [-0.05, 0) is 37.1 Å². The molecule has 0 spiro atoms. The van der Waals surface area contributed by atoms with Crippen molar-refractivity contribution in [2.75, 3.05) is 32.8 Å². The molecule has 1 atom stereocenters. The number of carbonyl (C=O) groups is 4. The molecule has 1 aromatic heterocycles. The molecule has 8 nitrogen and oxygen atoms in total. The zero-order valence-electron chi connectivity index (χ0n) is 15.7. The third kappa shape index (κ3) is 4.89. The molecule has 9 heteroatoms. The van der Waals surface area contributed by atoms with Gasteiger partial charge in [0, 0.05) is 26.2 Å². The third-order valence-electron chi connectivity index (χ3n) is 5.36. The highest BCUT2D eigenvalue weighted by molar-refractivity contribution is 7.12. The first-order valence-corrected chi connectivity index (χ1v) is 10.4. The topological polar surface area (TPSA) is 110 Å². The van der Waals surface area contributed by atoms with Crippen LogP contribution in [0, 0.1) is 11.8 Å². The molecule has 152 valence electrons. The Balaban J connectivity index is 1.41. The van der Waals surface area contributed by atoms with E-state index in [4.69, 9.17) is 10.5 Å². The molecule has 2 fully saturated rings. The lowest BCUT2D eigenvalue weighted by atomic mass is 9.97. The molecule has 2 aliphatic heterocycles. The summed E-state index contributed by atoms with van der Waals surface area (Å²) in [6.07, 6.45) is 2.45. The standard InChI is InChI=1S/C19H25N3O5S/c20-17(24)14-3-1-7-22(11-14)16(23)12-27-19(26)13-5-8-21(9-6-13)18(25)15-4-2-10-28-15/h2,4,10,13-14H,1,3,5-9,11-12H2,(H2,20,24)/t14-/m0/s1. The van der Waals surface area contributed by atoms with Crippen molar-refractivity contribution < 1.29 is 23.9 Å². The highest BCUT2D eigenvalue weighted by Crippen LogP contribution is 2.22. The number of nitrogens with two attached hydrogens (primary N) is 1. The molecule has 0 aromatic carbocycles. The Morgan fingerprint density at radius 2 is 1.82 bits per heavy atom. The second kappa shape index (κ2) is 9.18. The quantitative estimate of drug-likeness (QED) is 0.728. The van der Waals surface area contributed by atoms with E-state index in [9.17, 15) is 19.2 Å². The van der Waals surface area contributed by atoms with Crippen LogP contribution < -0.4 is 5.73 Å². The van der Waals surface area contributed by atoms with Crippen LogP contribution in [0.4, 0.5) is 0 Å². The van der Waals surface area contributed by atoms with Crippen LogP contribution in [0.15, 0.2) is 17.5 Å². The number of hydrogen-bond donors (Lipinski definition) is 1. The van der Waals surface area contributed by atoms with Gasteiger partial charge in [0.15, 0.2) is 6.61 Å². The third-order valence-corrected chi connectivity index (χ3v) is 6.22. The van der Waals surface area contributed by atoms with E-state index in [-0.39, 0.29) is 36.8 Å². The van der Waals surface area contributed by atoms with E-state index in [0.717, 1.165) is 0 Å². The van der Waals surface area contributed by atoms with Gasteiger partial charge in [-0.2, -0.15) is 0 Å². The van der Waals surface area contributed by atoms with Crippen LogP contribution in [-0.4, -0.2) is 66.3 Å². The molecule has 0 aliphatic carbocycles.